The van der Waals surface area contributed by atoms with Crippen molar-refractivity contribution in [2.45, 2.75) is 156 Å². The molecule has 0 fully saturated rings. The van der Waals surface area contributed by atoms with E-state index in [0.29, 0.717) is 62.3 Å². The summed E-state index contributed by atoms with van der Waals surface area (Å²) in [5.41, 5.74) is -1.26. The summed E-state index contributed by atoms with van der Waals surface area (Å²) in [5.74, 6) is 1.28. The molecule has 0 heterocycles. The summed E-state index contributed by atoms with van der Waals surface area (Å²) < 4.78 is 35.5. The van der Waals surface area contributed by atoms with Crippen molar-refractivity contribution in [3.05, 3.63) is 59.7 Å². The zero-order chi connectivity index (χ0) is 38.5. The van der Waals surface area contributed by atoms with E-state index in [9.17, 15) is 10.5 Å². The largest absolute Gasteiger partial charge is 2.00 e. The van der Waals surface area contributed by atoms with Crippen LogP contribution in [0.4, 0.5) is 0 Å². The van der Waals surface area contributed by atoms with Gasteiger partial charge in [-0.3, -0.25) is 0 Å². The Morgan fingerprint density at radius 2 is 0.717 bits per heavy atom. The van der Waals surface area contributed by atoms with Crippen molar-refractivity contribution in [2.75, 3.05) is 39.6 Å². The van der Waals surface area contributed by atoms with E-state index in [1.807, 2.05) is 48.5 Å². The monoisotopic (exact) mass is 824 g/mol. The number of unbranched alkanes of at least 4 members (excludes halogenated alkanes) is 6. The number of benzene rings is 2. The van der Waals surface area contributed by atoms with Gasteiger partial charge in [0.1, 0.15) is 22.7 Å². The normalized spacial score (nSPS) is 13.5. The Morgan fingerprint density at radius 1 is 0.453 bits per heavy atom. The smallest absolute Gasteiger partial charge is 0.722 e. The van der Waals surface area contributed by atoms with Crippen LogP contribution in [0.2, 0.25) is 0 Å². The molecule has 0 spiro atoms. The molecule has 0 bridgehead atoms. The minimum atomic E-state index is -1.29. The third kappa shape index (κ3) is 18.4. The van der Waals surface area contributed by atoms with Gasteiger partial charge in [0.2, 0.25) is 0 Å². The van der Waals surface area contributed by atoms with Gasteiger partial charge in [-0.2, -0.15) is 0 Å². The fraction of sp³-hybridized carbons (Fsp3) is 0.714. The minimum absolute atomic E-state index is 0. The summed E-state index contributed by atoms with van der Waals surface area (Å²) in [6.07, 6.45) is 10.0. The van der Waals surface area contributed by atoms with Gasteiger partial charge in [-0.25, -0.2) is 0 Å². The molecule has 0 aliphatic rings. The summed E-state index contributed by atoms with van der Waals surface area (Å²) in [7, 11) is 0. The molecule has 0 N–H and O–H groups in total. The molecular formula is C42H70O10Zr. The van der Waals surface area contributed by atoms with Crippen molar-refractivity contribution in [2.24, 2.45) is 0 Å². The fourth-order valence-corrected chi connectivity index (χ4v) is 5.15. The number of hydrogen-bond acceptors (Lipinski definition) is 10. The summed E-state index contributed by atoms with van der Waals surface area (Å²) in [4.78, 5) is 9.43. The van der Waals surface area contributed by atoms with Gasteiger partial charge < -0.3 is 48.7 Å². The van der Waals surface area contributed by atoms with Crippen LogP contribution in [0.3, 0.4) is 0 Å². The molecule has 0 aliphatic heterocycles. The van der Waals surface area contributed by atoms with Gasteiger partial charge in [0.25, 0.3) is 0 Å². The summed E-state index contributed by atoms with van der Waals surface area (Å²) in [6, 6.07) is 14.9. The van der Waals surface area contributed by atoms with Crippen molar-refractivity contribution < 1.29 is 74.9 Å². The Morgan fingerprint density at radius 3 is 0.981 bits per heavy atom. The first-order chi connectivity index (χ1) is 25.3. The van der Waals surface area contributed by atoms with Gasteiger partial charge in [0, 0.05) is 37.6 Å². The van der Waals surface area contributed by atoms with Crippen LogP contribution >= 0.6 is 0 Å². The molecule has 10 nitrogen and oxygen atoms in total. The van der Waals surface area contributed by atoms with Crippen LogP contribution in [0.5, 0.6) is 11.5 Å². The molecule has 302 valence electrons. The quantitative estimate of drug-likeness (QED) is 0.0328. The predicted molar refractivity (Wildman–Crippen MR) is 202 cm³/mol. The van der Waals surface area contributed by atoms with Crippen LogP contribution in [0.1, 0.15) is 144 Å². The van der Waals surface area contributed by atoms with Crippen molar-refractivity contribution >= 4 is 0 Å². The number of hydrogen-bond donors (Lipinski definition) is 0. The molecular weight excluding hydrogens is 756 g/mol. The van der Waals surface area contributed by atoms with E-state index in [2.05, 4.69) is 41.5 Å². The summed E-state index contributed by atoms with van der Waals surface area (Å²) in [5, 5.41) is 23.7. The van der Waals surface area contributed by atoms with Crippen LogP contribution in [-0.4, -0.2) is 52.2 Å². The molecule has 2 aromatic carbocycles. The zero-order valence-corrected chi connectivity index (χ0v) is 36.5. The first-order valence-electron chi connectivity index (χ1n) is 19.8. The Bertz CT molecular complexity index is 1030. The van der Waals surface area contributed by atoms with Crippen molar-refractivity contribution in [1.29, 1.82) is 0 Å². The Hall–Kier alpha value is -1.40. The van der Waals surface area contributed by atoms with Crippen molar-refractivity contribution in [3.8, 4) is 11.5 Å². The van der Waals surface area contributed by atoms with Crippen LogP contribution < -0.4 is 20.0 Å². The maximum atomic E-state index is 11.8. The Labute approximate surface area is 340 Å². The van der Waals surface area contributed by atoms with E-state index in [4.69, 9.17) is 38.2 Å². The molecule has 2 aromatic rings. The first kappa shape index (κ1) is 51.6. The number of ether oxygens (including phenoxy) is 6. The minimum Gasteiger partial charge on any atom is -0.722 e. The third-order valence-electron chi connectivity index (χ3n) is 8.67. The van der Waals surface area contributed by atoms with E-state index in [-0.39, 0.29) is 26.2 Å². The van der Waals surface area contributed by atoms with Gasteiger partial charge in [-0.05, 0) is 64.5 Å². The molecule has 0 saturated heterocycles. The number of para-hydroxylation sites is 2. The molecule has 2 atom stereocenters. The van der Waals surface area contributed by atoms with Gasteiger partial charge in [0.05, 0.1) is 13.2 Å². The summed E-state index contributed by atoms with van der Waals surface area (Å²) in [6.45, 7) is 19.3. The van der Waals surface area contributed by atoms with Gasteiger partial charge in [-0.15, -0.1) is 0 Å². The van der Waals surface area contributed by atoms with E-state index in [1.54, 1.807) is 13.8 Å². The number of rotatable bonds is 30. The van der Waals surface area contributed by atoms with Crippen LogP contribution in [0, 0.1) is 0 Å². The molecule has 53 heavy (non-hydrogen) atoms. The molecule has 0 aliphatic carbocycles. The summed E-state index contributed by atoms with van der Waals surface area (Å²) >= 11 is 0. The van der Waals surface area contributed by atoms with Crippen LogP contribution in [0.15, 0.2) is 48.5 Å². The second kappa shape index (κ2) is 31.8. The van der Waals surface area contributed by atoms with E-state index in [1.165, 1.54) is 0 Å². The molecule has 2 rings (SSSR count). The van der Waals surface area contributed by atoms with E-state index in [0.717, 1.165) is 77.0 Å². The second-order valence-electron chi connectivity index (χ2n) is 13.3. The SMILES string of the molecule is CCCCOc1ccccc1C(C)(O[O-])C(OCCCC)OCCCC.CCCCOc1ccccc1C(C)(O[O-])C(OCCCC)OCCCC.[Zr+2]. The maximum absolute atomic E-state index is 11.8. The molecule has 0 radical (unpaired) electrons. The zero-order valence-electron chi connectivity index (χ0n) is 34.1. The fourth-order valence-electron chi connectivity index (χ4n) is 5.15. The molecule has 11 heteroatoms. The molecule has 0 saturated carbocycles. The molecule has 2 unspecified atom stereocenters. The third-order valence-corrected chi connectivity index (χ3v) is 8.67. The van der Waals surface area contributed by atoms with Crippen LogP contribution in [0.25, 0.3) is 0 Å². The van der Waals surface area contributed by atoms with E-state index >= 15 is 0 Å². The molecule has 0 aromatic heterocycles. The molecule has 0 amide bonds. The van der Waals surface area contributed by atoms with Gasteiger partial charge >= 0.3 is 26.2 Å². The average Bonchev–Trinajstić information content (AvgIpc) is 3.17. The second-order valence-corrected chi connectivity index (χ2v) is 13.3. The van der Waals surface area contributed by atoms with E-state index < -0.39 is 23.8 Å². The van der Waals surface area contributed by atoms with Crippen LogP contribution in [-0.2, 0) is 66.1 Å². The van der Waals surface area contributed by atoms with Gasteiger partial charge in [0.15, 0.2) is 12.6 Å². The average molecular weight is 826 g/mol. The van der Waals surface area contributed by atoms with Crippen molar-refractivity contribution in [1.82, 2.24) is 0 Å². The predicted octanol–water partition coefficient (Wildman–Crippen LogP) is 8.66. The maximum Gasteiger partial charge on any atom is 2.00 e. The first-order valence-corrected chi connectivity index (χ1v) is 19.8. The Balaban J connectivity index is 0.00000100. The standard InChI is InChI=1S/2C21H36O5.Zr/c2*1-5-8-15-23-19-14-12-11-13-18(19)21(4,26-22)20(24-16-9-6-2)25-17-10-7-3;/h2*11-14,20,22H,5-10,15-17H2,1-4H3;/q;;+2/p-2. The topological polar surface area (TPSA) is 120 Å². The van der Waals surface area contributed by atoms with Gasteiger partial charge in [-0.1, -0.05) is 116 Å². The Kier molecular flexibility index (Phi) is 30.9. The van der Waals surface area contributed by atoms with Crippen molar-refractivity contribution in [3.63, 3.8) is 0 Å².